The summed E-state index contributed by atoms with van der Waals surface area (Å²) in [5, 5.41) is 3.56. The SMILES string of the molecule is Cc1ccc(C)c([C@H](C)NC(=O)[C@H]2CCCN(S(=O)(=O)c3ccc(Cl)cc3)C2)c1. The number of hydrogen-bond acceptors (Lipinski definition) is 3. The van der Waals surface area contributed by atoms with Crippen molar-refractivity contribution in [3.8, 4) is 0 Å². The number of amides is 1. The lowest BCUT2D eigenvalue weighted by molar-refractivity contribution is -0.126. The molecule has 0 bridgehead atoms. The Kier molecular flexibility index (Phi) is 6.66. The molecule has 2 atom stereocenters. The summed E-state index contributed by atoms with van der Waals surface area (Å²) >= 11 is 5.87. The average molecular weight is 435 g/mol. The summed E-state index contributed by atoms with van der Waals surface area (Å²) in [7, 11) is -3.64. The van der Waals surface area contributed by atoms with Crippen LogP contribution in [0.25, 0.3) is 0 Å². The largest absolute Gasteiger partial charge is 0.349 e. The maximum absolute atomic E-state index is 12.9. The van der Waals surface area contributed by atoms with Gasteiger partial charge in [0.2, 0.25) is 15.9 Å². The van der Waals surface area contributed by atoms with Gasteiger partial charge in [-0.25, -0.2) is 8.42 Å². The first-order valence-electron chi connectivity index (χ1n) is 9.81. The highest BCUT2D eigenvalue weighted by Crippen LogP contribution is 2.26. The zero-order chi connectivity index (χ0) is 21.2. The lowest BCUT2D eigenvalue weighted by Gasteiger charge is -2.32. The molecule has 1 heterocycles. The van der Waals surface area contributed by atoms with Gasteiger partial charge in [-0.2, -0.15) is 4.31 Å². The van der Waals surface area contributed by atoms with Gasteiger partial charge in [0.1, 0.15) is 0 Å². The number of carbonyl (C=O) groups excluding carboxylic acids is 1. The lowest BCUT2D eigenvalue weighted by Crippen LogP contribution is -2.45. The van der Waals surface area contributed by atoms with Gasteiger partial charge in [0.05, 0.1) is 16.9 Å². The van der Waals surface area contributed by atoms with Gasteiger partial charge in [-0.15, -0.1) is 0 Å². The van der Waals surface area contributed by atoms with Crippen LogP contribution >= 0.6 is 11.6 Å². The molecule has 0 aromatic heterocycles. The average Bonchev–Trinajstić information content (AvgIpc) is 2.70. The van der Waals surface area contributed by atoms with Crippen LogP contribution in [0.5, 0.6) is 0 Å². The van der Waals surface area contributed by atoms with E-state index in [0.29, 0.717) is 24.4 Å². The van der Waals surface area contributed by atoms with Crippen LogP contribution in [-0.4, -0.2) is 31.7 Å². The van der Waals surface area contributed by atoms with Gasteiger partial charge in [0.25, 0.3) is 0 Å². The number of aryl methyl sites for hydroxylation is 2. The molecule has 1 fully saturated rings. The highest BCUT2D eigenvalue weighted by Gasteiger charge is 2.33. The molecule has 29 heavy (non-hydrogen) atoms. The number of benzene rings is 2. The number of carbonyl (C=O) groups is 1. The van der Waals surface area contributed by atoms with Crippen molar-refractivity contribution in [3.05, 3.63) is 64.2 Å². The van der Waals surface area contributed by atoms with E-state index < -0.39 is 10.0 Å². The number of rotatable bonds is 5. The van der Waals surface area contributed by atoms with Crippen molar-refractivity contribution in [1.29, 1.82) is 0 Å². The fraction of sp³-hybridized carbons (Fsp3) is 0.409. The van der Waals surface area contributed by atoms with Crippen LogP contribution in [0.3, 0.4) is 0 Å². The molecule has 0 unspecified atom stereocenters. The molecule has 7 heteroatoms. The summed E-state index contributed by atoms with van der Waals surface area (Å²) in [5.74, 6) is -0.465. The molecule has 2 aromatic rings. The predicted octanol–water partition coefficient (Wildman–Crippen LogP) is 4.23. The fourth-order valence-corrected chi connectivity index (χ4v) is 5.42. The summed E-state index contributed by atoms with van der Waals surface area (Å²) < 4.78 is 27.3. The van der Waals surface area contributed by atoms with E-state index in [1.165, 1.54) is 16.4 Å². The standard InChI is InChI=1S/C22H27ClN2O3S/c1-15-6-7-16(2)21(13-15)17(3)24-22(26)18-5-4-12-25(14-18)29(27,28)20-10-8-19(23)9-11-20/h6-11,13,17-18H,4-5,12,14H2,1-3H3,(H,24,26)/t17-,18-/m0/s1. The van der Waals surface area contributed by atoms with Crippen molar-refractivity contribution >= 4 is 27.5 Å². The molecule has 5 nitrogen and oxygen atoms in total. The van der Waals surface area contributed by atoms with Crippen LogP contribution in [-0.2, 0) is 14.8 Å². The van der Waals surface area contributed by atoms with E-state index in [4.69, 9.17) is 11.6 Å². The molecule has 0 radical (unpaired) electrons. The summed E-state index contributed by atoms with van der Waals surface area (Å²) in [6, 6.07) is 12.2. The minimum atomic E-state index is -3.64. The van der Waals surface area contributed by atoms with Gasteiger partial charge in [0.15, 0.2) is 0 Å². The van der Waals surface area contributed by atoms with Crippen molar-refractivity contribution < 1.29 is 13.2 Å². The topological polar surface area (TPSA) is 66.5 Å². The molecule has 0 spiro atoms. The van der Waals surface area contributed by atoms with Crippen LogP contribution < -0.4 is 5.32 Å². The Labute approximate surface area is 178 Å². The molecule has 1 N–H and O–H groups in total. The van der Waals surface area contributed by atoms with Gasteiger partial charge >= 0.3 is 0 Å². The second-order valence-corrected chi connectivity index (χ2v) is 10.1. The van der Waals surface area contributed by atoms with Gasteiger partial charge in [-0.3, -0.25) is 4.79 Å². The van der Waals surface area contributed by atoms with Crippen molar-refractivity contribution in [2.24, 2.45) is 5.92 Å². The minimum Gasteiger partial charge on any atom is -0.349 e. The Balaban J connectivity index is 1.70. The van der Waals surface area contributed by atoms with E-state index >= 15 is 0 Å². The molecule has 1 saturated heterocycles. The quantitative estimate of drug-likeness (QED) is 0.765. The molecule has 2 aromatic carbocycles. The second-order valence-electron chi connectivity index (χ2n) is 7.75. The normalized spacial score (nSPS) is 19.0. The minimum absolute atomic E-state index is 0.102. The highest BCUT2D eigenvalue weighted by atomic mass is 35.5. The smallest absolute Gasteiger partial charge is 0.243 e. The monoisotopic (exact) mass is 434 g/mol. The second kappa shape index (κ2) is 8.86. The van der Waals surface area contributed by atoms with Crippen molar-refractivity contribution in [2.45, 2.75) is 44.6 Å². The third-order valence-electron chi connectivity index (χ3n) is 5.47. The first-order valence-corrected chi connectivity index (χ1v) is 11.6. The maximum atomic E-state index is 12.9. The van der Waals surface area contributed by atoms with E-state index in [0.717, 1.165) is 16.7 Å². The van der Waals surface area contributed by atoms with Crippen molar-refractivity contribution in [2.75, 3.05) is 13.1 Å². The van der Waals surface area contributed by atoms with Gasteiger partial charge in [-0.1, -0.05) is 35.4 Å². The zero-order valence-corrected chi connectivity index (χ0v) is 18.6. The third-order valence-corrected chi connectivity index (χ3v) is 7.60. The Morgan fingerprint density at radius 3 is 2.55 bits per heavy atom. The Bertz CT molecular complexity index is 990. The Morgan fingerprint density at radius 1 is 1.17 bits per heavy atom. The van der Waals surface area contributed by atoms with E-state index in [-0.39, 0.29) is 29.3 Å². The predicted molar refractivity (Wildman–Crippen MR) is 115 cm³/mol. The molecule has 3 rings (SSSR count). The van der Waals surface area contributed by atoms with Crippen LogP contribution in [0.15, 0.2) is 47.4 Å². The van der Waals surface area contributed by atoms with E-state index in [2.05, 4.69) is 11.4 Å². The van der Waals surface area contributed by atoms with Gasteiger partial charge < -0.3 is 5.32 Å². The number of nitrogens with zero attached hydrogens (tertiary/aromatic N) is 1. The summed E-state index contributed by atoms with van der Waals surface area (Å²) in [6.07, 6.45) is 1.33. The number of sulfonamides is 1. The zero-order valence-electron chi connectivity index (χ0n) is 17.0. The molecule has 1 amide bonds. The molecule has 1 aliphatic heterocycles. The van der Waals surface area contributed by atoms with E-state index in [1.54, 1.807) is 12.1 Å². The molecular formula is C22H27ClN2O3S. The van der Waals surface area contributed by atoms with Gasteiger partial charge in [-0.05, 0) is 69.0 Å². The summed E-state index contributed by atoms with van der Waals surface area (Å²) in [5.41, 5.74) is 3.35. The first-order chi connectivity index (χ1) is 13.7. The molecule has 0 saturated carbocycles. The lowest BCUT2D eigenvalue weighted by atomic mass is 9.96. The van der Waals surface area contributed by atoms with Crippen LogP contribution in [0.4, 0.5) is 0 Å². The highest BCUT2D eigenvalue weighted by molar-refractivity contribution is 7.89. The molecule has 1 aliphatic rings. The first kappa shape index (κ1) is 21.8. The van der Waals surface area contributed by atoms with Crippen LogP contribution in [0, 0.1) is 19.8 Å². The molecular weight excluding hydrogens is 408 g/mol. The van der Waals surface area contributed by atoms with Crippen LogP contribution in [0.2, 0.25) is 5.02 Å². The number of hydrogen-bond donors (Lipinski definition) is 1. The molecule has 0 aliphatic carbocycles. The molecule has 156 valence electrons. The number of piperidine rings is 1. The maximum Gasteiger partial charge on any atom is 0.243 e. The Morgan fingerprint density at radius 2 is 1.86 bits per heavy atom. The Hall–Kier alpha value is -1.89. The van der Waals surface area contributed by atoms with Crippen molar-refractivity contribution in [1.82, 2.24) is 9.62 Å². The number of halogens is 1. The van der Waals surface area contributed by atoms with E-state index in [1.807, 2.05) is 32.9 Å². The van der Waals surface area contributed by atoms with Crippen LogP contribution in [0.1, 0.15) is 42.5 Å². The van der Waals surface area contributed by atoms with Crippen molar-refractivity contribution in [3.63, 3.8) is 0 Å². The number of nitrogens with one attached hydrogen (secondary N) is 1. The summed E-state index contributed by atoms with van der Waals surface area (Å²) in [4.78, 5) is 13.1. The van der Waals surface area contributed by atoms with Gasteiger partial charge in [0, 0.05) is 18.1 Å². The fourth-order valence-electron chi connectivity index (χ4n) is 3.77. The third kappa shape index (κ3) is 5.00. The van der Waals surface area contributed by atoms with E-state index in [9.17, 15) is 13.2 Å². The summed E-state index contributed by atoms with van der Waals surface area (Å²) in [6.45, 7) is 6.62.